The summed E-state index contributed by atoms with van der Waals surface area (Å²) >= 11 is 0. The van der Waals surface area contributed by atoms with E-state index in [0.717, 1.165) is 11.3 Å². The number of aliphatic hydroxyl groups excluding tert-OH is 1. The molecular weight excluding hydrogens is 280 g/mol. The van der Waals surface area contributed by atoms with Crippen LogP contribution < -0.4 is 10.6 Å². The van der Waals surface area contributed by atoms with Crippen LogP contribution in [0.4, 0.5) is 16.3 Å². The molecule has 0 bridgehead atoms. The van der Waals surface area contributed by atoms with Crippen molar-refractivity contribution in [1.29, 1.82) is 0 Å². The lowest BCUT2D eigenvalue weighted by Gasteiger charge is -2.13. The number of carbonyl (C=O) groups excluding carboxylic acids is 1. The number of nitrogens with one attached hydrogen (secondary N) is 2. The molecular formula is C16H22N4O2. The van der Waals surface area contributed by atoms with Crippen molar-refractivity contribution in [3.63, 3.8) is 0 Å². The van der Waals surface area contributed by atoms with E-state index in [0.29, 0.717) is 11.5 Å². The van der Waals surface area contributed by atoms with E-state index in [1.165, 1.54) is 0 Å². The average molecular weight is 302 g/mol. The predicted octanol–water partition coefficient (Wildman–Crippen LogP) is 2.85. The van der Waals surface area contributed by atoms with Gasteiger partial charge in [-0.15, -0.1) is 0 Å². The highest BCUT2D eigenvalue weighted by Gasteiger charge is 2.19. The highest BCUT2D eigenvalue weighted by Crippen LogP contribution is 2.23. The van der Waals surface area contributed by atoms with Gasteiger partial charge in [0.05, 0.1) is 12.3 Å². The standard InChI is InChI=1S/C16H22N4O2/c1-16(2,3)13-9-14(20(4)19-13)18-15(22)17-12-7-5-11(10-21)6-8-12/h5-9,21H,10H2,1-4H3,(H2,17,18,22). The number of rotatable bonds is 3. The van der Waals surface area contributed by atoms with Crippen molar-refractivity contribution in [2.24, 2.45) is 7.05 Å². The van der Waals surface area contributed by atoms with E-state index in [9.17, 15) is 4.79 Å². The van der Waals surface area contributed by atoms with Crippen molar-refractivity contribution >= 4 is 17.5 Å². The smallest absolute Gasteiger partial charge is 0.324 e. The normalized spacial score (nSPS) is 11.3. The van der Waals surface area contributed by atoms with Gasteiger partial charge in [-0.25, -0.2) is 4.79 Å². The largest absolute Gasteiger partial charge is 0.392 e. The van der Waals surface area contributed by atoms with Gasteiger partial charge in [0.15, 0.2) is 0 Å². The highest BCUT2D eigenvalue weighted by atomic mass is 16.3. The summed E-state index contributed by atoms with van der Waals surface area (Å²) in [6.45, 7) is 6.20. The molecule has 1 aromatic heterocycles. The lowest BCUT2D eigenvalue weighted by Crippen LogP contribution is -2.21. The molecule has 0 fully saturated rings. The fourth-order valence-electron chi connectivity index (χ4n) is 1.92. The Morgan fingerprint density at radius 3 is 2.36 bits per heavy atom. The van der Waals surface area contributed by atoms with Crippen molar-refractivity contribution < 1.29 is 9.90 Å². The summed E-state index contributed by atoms with van der Waals surface area (Å²) in [5.41, 5.74) is 2.30. The minimum atomic E-state index is -0.333. The van der Waals surface area contributed by atoms with Gasteiger partial charge in [0.2, 0.25) is 0 Å². The molecule has 0 aliphatic rings. The summed E-state index contributed by atoms with van der Waals surface area (Å²) in [4.78, 5) is 12.0. The Bertz CT molecular complexity index is 654. The van der Waals surface area contributed by atoms with Crippen molar-refractivity contribution in [3.05, 3.63) is 41.6 Å². The van der Waals surface area contributed by atoms with Crippen LogP contribution >= 0.6 is 0 Å². The molecule has 2 rings (SSSR count). The molecule has 2 aromatic rings. The highest BCUT2D eigenvalue weighted by molar-refractivity contribution is 5.99. The molecule has 118 valence electrons. The molecule has 0 saturated heterocycles. The van der Waals surface area contributed by atoms with Crippen molar-refractivity contribution in [3.8, 4) is 0 Å². The third-order valence-electron chi connectivity index (χ3n) is 3.28. The fraction of sp³-hybridized carbons (Fsp3) is 0.375. The zero-order valence-electron chi connectivity index (χ0n) is 13.3. The summed E-state index contributed by atoms with van der Waals surface area (Å²) in [6.07, 6.45) is 0. The number of aromatic nitrogens is 2. The number of hydrogen-bond acceptors (Lipinski definition) is 3. The van der Waals surface area contributed by atoms with E-state index >= 15 is 0 Å². The Morgan fingerprint density at radius 2 is 1.86 bits per heavy atom. The summed E-state index contributed by atoms with van der Waals surface area (Å²) in [7, 11) is 1.79. The van der Waals surface area contributed by atoms with Crippen molar-refractivity contribution in [2.45, 2.75) is 32.8 Å². The first-order valence-electron chi connectivity index (χ1n) is 7.12. The maximum Gasteiger partial charge on any atom is 0.324 e. The molecule has 0 unspecified atom stereocenters. The van der Waals surface area contributed by atoms with Crippen LogP contribution in [0.25, 0.3) is 0 Å². The summed E-state index contributed by atoms with van der Waals surface area (Å²) in [6, 6.07) is 8.55. The lowest BCUT2D eigenvalue weighted by atomic mass is 9.92. The van der Waals surface area contributed by atoms with E-state index in [2.05, 4.69) is 36.5 Å². The van der Waals surface area contributed by atoms with Crippen LogP contribution in [0, 0.1) is 0 Å². The average Bonchev–Trinajstić information content (AvgIpc) is 2.81. The third-order valence-corrected chi connectivity index (χ3v) is 3.28. The van der Waals surface area contributed by atoms with Gasteiger partial charge in [0, 0.05) is 24.2 Å². The maximum absolute atomic E-state index is 12.0. The molecule has 1 heterocycles. The van der Waals surface area contributed by atoms with Gasteiger partial charge in [-0.3, -0.25) is 10.00 Å². The molecule has 6 nitrogen and oxygen atoms in total. The van der Waals surface area contributed by atoms with Crippen LogP contribution in [0.3, 0.4) is 0 Å². The Kier molecular flexibility index (Phi) is 4.51. The minimum Gasteiger partial charge on any atom is -0.392 e. The molecule has 3 N–H and O–H groups in total. The summed E-state index contributed by atoms with van der Waals surface area (Å²) in [5.74, 6) is 0.634. The van der Waals surface area contributed by atoms with E-state index in [1.807, 2.05) is 6.07 Å². The number of carbonyl (C=O) groups is 1. The van der Waals surface area contributed by atoms with Crippen molar-refractivity contribution in [2.75, 3.05) is 10.6 Å². The van der Waals surface area contributed by atoms with Crippen LogP contribution in [0.1, 0.15) is 32.0 Å². The second-order valence-electron chi connectivity index (χ2n) is 6.22. The molecule has 0 aliphatic heterocycles. The molecule has 6 heteroatoms. The first kappa shape index (κ1) is 16.0. The predicted molar refractivity (Wildman–Crippen MR) is 86.9 cm³/mol. The van der Waals surface area contributed by atoms with Gasteiger partial charge in [-0.1, -0.05) is 32.9 Å². The molecule has 22 heavy (non-hydrogen) atoms. The number of anilines is 2. The van der Waals surface area contributed by atoms with Gasteiger partial charge >= 0.3 is 6.03 Å². The molecule has 0 aliphatic carbocycles. The molecule has 0 saturated carbocycles. The Balaban J connectivity index is 2.04. The van der Waals surface area contributed by atoms with E-state index in [1.54, 1.807) is 36.0 Å². The second-order valence-corrected chi connectivity index (χ2v) is 6.22. The second kappa shape index (κ2) is 6.19. The first-order chi connectivity index (χ1) is 10.3. The Labute approximate surface area is 130 Å². The van der Waals surface area contributed by atoms with Crippen LogP contribution in [-0.4, -0.2) is 20.9 Å². The van der Waals surface area contributed by atoms with E-state index < -0.39 is 0 Å². The molecule has 0 atom stereocenters. The third kappa shape index (κ3) is 3.85. The molecule has 0 spiro atoms. The molecule has 1 aromatic carbocycles. The summed E-state index contributed by atoms with van der Waals surface area (Å²) in [5, 5.41) is 18.9. The lowest BCUT2D eigenvalue weighted by molar-refractivity contribution is 0.262. The number of hydrogen-bond donors (Lipinski definition) is 3. The van der Waals surface area contributed by atoms with Gasteiger partial charge in [0.25, 0.3) is 0 Å². The number of aryl methyl sites for hydroxylation is 1. The van der Waals surface area contributed by atoms with Crippen molar-refractivity contribution in [1.82, 2.24) is 9.78 Å². The van der Waals surface area contributed by atoms with Crippen LogP contribution in [0.5, 0.6) is 0 Å². The summed E-state index contributed by atoms with van der Waals surface area (Å²) < 4.78 is 1.65. The monoisotopic (exact) mass is 302 g/mol. The molecule has 2 amide bonds. The zero-order chi connectivity index (χ0) is 16.3. The number of benzene rings is 1. The van der Waals surface area contributed by atoms with Crippen LogP contribution in [0.15, 0.2) is 30.3 Å². The van der Waals surface area contributed by atoms with Crippen LogP contribution in [0.2, 0.25) is 0 Å². The SMILES string of the molecule is Cn1nc(C(C)(C)C)cc1NC(=O)Nc1ccc(CO)cc1. The number of amides is 2. The number of urea groups is 1. The fourth-order valence-corrected chi connectivity index (χ4v) is 1.92. The quantitative estimate of drug-likeness (QED) is 0.815. The van der Waals surface area contributed by atoms with Crippen LogP contribution in [-0.2, 0) is 19.1 Å². The topological polar surface area (TPSA) is 79.2 Å². The first-order valence-corrected chi connectivity index (χ1v) is 7.12. The van der Waals surface area contributed by atoms with Gasteiger partial charge in [-0.05, 0) is 17.7 Å². The Hall–Kier alpha value is -2.34. The minimum absolute atomic E-state index is 0.0168. The molecule has 0 radical (unpaired) electrons. The van der Waals surface area contributed by atoms with Gasteiger partial charge < -0.3 is 10.4 Å². The number of nitrogens with zero attached hydrogens (tertiary/aromatic N) is 2. The van der Waals surface area contributed by atoms with Gasteiger partial charge in [0.1, 0.15) is 5.82 Å². The maximum atomic E-state index is 12.0. The van der Waals surface area contributed by atoms with E-state index in [-0.39, 0.29) is 18.1 Å². The zero-order valence-corrected chi connectivity index (χ0v) is 13.3. The van der Waals surface area contributed by atoms with Gasteiger partial charge in [-0.2, -0.15) is 5.10 Å². The Morgan fingerprint density at radius 1 is 1.23 bits per heavy atom. The number of aliphatic hydroxyl groups is 1. The van der Waals surface area contributed by atoms with E-state index in [4.69, 9.17) is 5.11 Å².